The highest BCUT2D eigenvalue weighted by Crippen LogP contribution is 2.36. The standard InChI is InChI=1S/C23H17NO4/c1-25-20-9-5-3-7-17(20)24-18-13-22(28-19-8-4-2-6-16(18)19)15-10-11-21-23(12-15)27-14-26-21/h2-13H,14H2,1H3. The van der Waals surface area contributed by atoms with Crippen LogP contribution in [0.1, 0.15) is 0 Å². The third kappa shape index (κ3) is 2.87. The molecule has 1 aromatic heterocycles. The van der Waals surface area contributed by atoms with Crippen molar-refractivity contribution < 1.29 is 18.6 Å². The van der Waals surface area contributed by atoms with Crippen molar-refractivity contribution in [1.82, 2.24) is 0 Å². The number of hydrogen-bond acceptors (Lipinski definition) is 5. The molecule has 0 aliphatic carbocycles. The number of methoxy groups -OCH3 is 1. The average molecular weight is 371 g/mol. The van der Waals surface area contributed by atoms with Crippen molar-refractivity contribution in [1.29, 1.82) is 0 Å². The lowest BCUT2D eigenvalue weighted by atomic mass is 10.1. The lowest BCUT2D eigenvalue weighted by molar-refractivity contribution is 0.174. The van der Waals surface area contributed by atoms with Gasteiger partial charge in [0.1, 0.15) is 22.8 Å². The molecule has 0 bridgehead atoms. The van der Waals surface area contributed by atoms with Gasteiger partial charge in [-0.2, -0.15) is 0 Å². The predicted octanol–water partition coefficient (Wildman–Crippen LogP) is 5.07. The molecular weight excluding hydrogens is 354 g/mol. The van der Waals surface area contributed by atoms with Crippen LogP contribution in [-0.2, 0) is 0 Å². The average Bonchev–Trinajstić information content (AvgIpc) is 3.22. The molecule has 0 N–H and O–H groups in total. The minimum atomic E-state index is 0.238. The molecule has 138 valence electrons. The van der Waals surface area contributed by atoms with Crippen molar-refractivity contribution >= 4 is 16.7 Å². The van der Waals surface area contributed by atoms with Crippen molar-refractivity contribution in [2.45, 2.75) is 0 Å². The Bertz CT molecular complexity index is 1240. The summed E-state index contributed by atoms with van der Waals surface area (Å²) < 4.78 is 22.5. The molecule has 5 nitrogen and oxygen atoms in total. The maximum atomic E-state index is 6.15. The smallest absolute Gasteiger partial charge is 0.231 e. The number of nitrogens with zero attached hydrogens (tertiary/aromatic N) is 1. The molecule has 0 saturated carbocycles. The van der Waals surface area contributed by atoms with E-state index in [9.17, 15) is 0 Å². The zero-order valence-corrected chi connectivity index (χ0v) is 15.2. The number of hydrogen-bond donors (Lipinski definition) is 0. The molecular formula is C23H17NO4. The van der Waals surface area contributed by atoms with Crippen LogP contribution in [0.3, 0.4) is 0 Å². The second kappa shape index (κ2) is 6.78. The fraction of sp³-hybridized carbons (Fsp3) is 0.0870. The number of para-hydroxylation sites is 3. The third-order valence-electron chi connectivity index (χ3n) is 4.63. The fourth-order valence-electron chi connectivity index (χ4n) is 3.25. The van der Waals surface area contributed by atoms with E-state index in [-0.39, 0.29) is 6.79 Å². The highest BCUT2D eigenvalue weighted by atomic mass is 16.7. The number of ether oxygens (including phenoxy) is 3. The summed E-state index contributed by atoms with van der Waals surface area (Å²) in [5, 5.41) is 1.73. The summed E-state index contributed by atoms with van der Waals surface area (Å²) in [4.78, 5) is 4.86. The summed E-state index contributed by atoms with van der Waals surface area (Å²) in [6, 6.07) is 23.2. The van der Waals surface area contributed by atoms with Crippen molar-refractivity contribution in [2.24, 2.45) is 4.99 Å². The van der Waals surface area contributed by atoms with E-state index >= 15 is 0 Å². The summed E-state index contributed by atoms with van der Waals surface area (Å²) in [6.45, 7) is 0.238. The van der Waals surface area contributed by atoms with E-state index in [0.717, 1.165) is 39.1 Å². The largest absolute Gasteiger partial charge is 0.494 e. The molecule has 4 aromatic rings. The van der Waals surface area contributed by atoms with Crippen molar-refractivity contribution in [3.63, 3.8) is 0 Å². The fourth-order valence-corrected chi connectivity index (χ4v) is 3.25. The van der Waals surface area contributed by atoms with Gasteiger partial charge in [-0.25, -0.2) is 4.99 Å². The van der Waals surface area contributed by atoms with E-state index in [4.69, 9.17) is 23.6 Å². The van der Waals surface area contributed by atoms with E-state index in [1.54, 1.807) is 7.11 Å². The van der Waals surface area contributed by atoms with E-state index < -0.39 is 0 Å². The first-order valence-electron chi connectivity index (χ1n) is 8.92. The van der Waals surface area contributed by atoms with E-state index in [1.165, 1.54) is 0 Å². The summed E-state index contributed by atoms with van der Waals surface area (Å²) in [5.74, 6) is 2.87. The van der Waals surface area contributed by atoms with Gasteiger partial charge < -0.3 is 18.6 Å². The molecule has 5 rings (SSSR count). The molecule has 0 amide bonds. The molecule has 0 radical (unpaired) electrons. The Hall–Kier alpha value is -3.73. The minimum absolute atomic E-state index is 0.238. The number of rotatable bonds is 3. The van der Waals surface area contributed by atoms with Crippen LogP contribution in [0.15, 0.2) is 82.2 Å². The Kier molecular flexibility index (Phi) is 3.98. The van der Waals surface area contributed by atoms with Crippen molar-refractivity contribution in [2.75, 3.05) is 13.9 Å². The first kappa shape index (κ1) is 16.4. The quantitative estimate of drug-likeness (QED) is 0.505. The highest BCUT2D eigenvalue weighted by Gasteiger charge is 2.15. The van der Waals surface area contributed by atoms with Crippen LogP contribution in [0, 0.1) is 0 Å². The van der Waals surface area contributed by atoms with Crippen LogP contribution in [0.25, 0.3) is 22.3 Å². The highest BCUT2D eigenvalue weighted by molar-refractivity contribution is 5.79. The van der Waals surface area contributed by atoms with Crippen LogP contribution in [0.2, 0.25) is 0 Å². The Morgan fingerprint density at radius 3 is 2.61 bits per heavy atom. The molecule has 2 heterocycles. The molecule has 5 heteroatoms. The Morgan fingerprint density at radius 2 is 1.68 bits per heavy atom. The van der Waals surface area contributed by atoms with Crippen LogP contribution in [0.5, 0.6) is 17.2 Å². The molecule has 0 fully saturated rings. The van der Waals surface area contributed by atoms with Gasteiger partial charge in [-0.1, -0.05) is 24.3 Å². The lowest BCUT2D eigenvalue weighted by Gasteiger charge is -2.07. The minimum Gasteiger partial charge on any atom is -0.494 e. The third-order valence-corrected chi connectivity index (χ3v) is 4.63. The SMILES string of the molecule is COc1ccccc1N=c1cc(-c2ccc3c(c2)OCO3)oc2ccccc12. The molecule has 0 atom stereocenters. The summed E-state index contributed by atoms with van der Waals surface area (Å²) >= 11 is 0. The monoisotopic (exact) mass is 371 g/mol. The Labute approximate surface area is 161 Å². The molecule has 3 aromatic carbocycles. The van der Waals surface area contributed by atoms with Crippen LogP contribution < -0.4 is 19.6 Å². The molecule has 0 unspecified atom stereocenters. The molecule has 0 spiro atoms. The molecule has 0 saturated heterocycles. The first-order valence-corrected chi connectivity index (χ1v) is 8.92. The van der Waals surface area contributed by atoms with E-state index in [2.05, 4.69) is 0 Å². The second-order valence-corrected chi connectivity index (χ2v) is 6.34. The normalized spacial score (nSPS) is 13.1. The van der Waals surface area contributed by atoms with Gasteiger partial charge in [0.05, 0.1) is 12.5 Å². The maximum absolute atomic E-state index is 6.15. The van der Waals surface area contributed by atoms with Crippen molar-refractivity contribution in [3.8, 4) is 28.6 Å². The zero-order valence-electron chi connectivity index (χ0n) is 15.2. The number of benzene rings is 3. The van der Waals surface area contributed by atoms with Gasteiger partial charge in [0.2, 0.25) is 6.79 Å². The molecule has 1 aliphatic rings. The van der Waals surface area contributed by atoms with Gasteiger partial charge >= 0.3 is 0 Å². The maximum Gasteiger partial charge on any atom is 0.231 e. The summed E-state index contributed by atoms with van der Waals surface area (Å²) in [6.07, 6.45) is 0. The van der Waals surface area contributed by atoms with E-state index in [0.29, 0.717) is 11.5 Å². The predicted molar refractivity (Wildman–Crippen MR) is 106 cm³/mol. The first-order chi connectivity index (χ1) is 13.8. The second-order valence-electron chi connectivity index (χ2n) is 6.34. The zero-order chi connectivity index (χ0) is 18.9. The van der Waals surface area contributed by atoms with Crippen LogP contribution in [0.4, 0.5) is 5.69 Å². The Balaban J connectivity index is 1.74. The van der Waals surface area contributed by atoms with E-state index in [1.807, 2.05) is 72.8 Å². The summed E-state index contributed by atoms with van der Waals surface area (Å²) in [7, 11) is 1.64. The van der Waals surface area contributed by atoms with Crippen LogP contribution in [-0.4, -0.2) is 13.9 Å². The van der Waals surface area contributed by atoms with Crippen molar-refractivity contribution in [3.05, 3.63) is 78.2 Å². The molecule has 28 heavy (non-hydrogen) atoms. The van der Waals surface area contributed by atoms with Gasteiger partial charge in [-0.3, -0.25) is 0 Å². The van der Waals surface area contributed by atoms with Gasteiger partial charge in [-0.15, -0.1) is 0 Å². The van der Waals surface area contributed by atoms with Gasteiger partial charge in [-0.05, 0) is 42.5 Å². The Morgan fingerprint density at radius 1 is 0.857 bits per heavy atom. The van der Waals surface area contributed by atoms with Gasteiger partial charge in [0.15, 0.2) is 11.5 Å². The number of fused-ring (bicyclic) bond motifs is 2. The van der Waals surface area contributed by atoms with Crippen LogP contribution >= 0.6 is 0 Å². The topological polar surface area (TPSA) is 53.2 Å². The van der Waals surface area contributed by atoms with Gasteiger partial charge in [0, 0.05) is 17.0 Å². The van der Waals surface area contributed by atoms with Gasteiger partial charge in [0.25, 0.3) is 0 Å². The lowest BCUT2D eigenvalue weighted by Crippen LogP contribution is -2.03. The molecule has 1 aliphatic heterocycles. The summed E-state index contributed by atoms with van der Waals surface area (Å²) in [5.41, 5.74) is 2.41.